The summed E-state index contributed by atoms with van der Waals surface area (Å²) < 4.78 is 11.0. The van der Waals surface area contributed by atoms with Crippen LogP contribution in [-0.2, 0) is 19.1 Å². The number of piperidine rings is 2. The first-order valence-corrected chi connectivity index (χ1v) is 9.29. The number of carbonyl (C=O) groups is 2. The summed E-state index contributed by atoms with van der Waals surface area (Å²) in [6.07, 6.45) is 6.28. The zero-order valence-electron chi connectivity index (χ0n) is 15.2. The molecule has 0 aromatic carbocycles. The van der Waals surface area contributed by atoms with Crippen molar-refractivity contribution in [2.75, 3.05) is 40.3 Å². The number of hydrogen-bond donors (Lipinski definition) is 0. The second-order valence-electron chi connectivity index (χ2n) is 7.24. The van der Waals surface area contributed by atoms with Crippen LogP contribution in [0.2, 0.25) is 0 Å². The highest BCUT2D eigenvalue weighted by molar-refractivity contribution is 5.70. The number of likely N-dealkylation sites (tertiary alicyclic amines) is 2. The molecule has 24 heavy (non-hydrogen) atoms. The largest absolute Gasteiger partial charge is 0.461 e. The topological polar surface area (TPSA) is 59.1 Å². The molecule has 0 aromatic rings. The van der Waals surface area contributed by atoms with Crippen LogP contribution < -0.4 is 0 Å². The third-order valence-electron chi connectivity index (χ3n) is 4.77. The van der Waals surface area contributed by atoms with E-state index in [-0.39, 0.29) is 24.1 Å². The van der Waals surface area contributed by atoms with E-state index in [4.69, 9.17) is 9.47 Å². The first-order valence-electron chi connectivity index (χ1n) is 9.29. The van der Waals surface area contributed by atoms with Gasteiger partial charge in [0.05, 0.1) is 0 Å². The monoisotopic (exact) mass is 340 g/mol. The van der Waals surface area contributed by atoms with E-state index in [2.05, 4.69) is 23.9 Å². The maximum atomic E-state index is 11.9. The average Bonchev–Trinajstić information content (AvgIpc) is 2.51. The van der Waals surface area contributed by atoms with E-state index in [1.165, 1.54) is 0 Å². The fraction of sp³-hybridized carbons (Fsp3) is 0.889. The van der Waals surface area contributed by atoms with Crippen molar-refractivity contribution < 1.29 is 19.1 Å². The molecule has 0 bridgehead atoms. The Morgan fingerprint density at radius 1 is 0.833 bits per heavy atom. The van der Waals surface area contributed by atoms with E-state index in [0.717, 1.165) is 51.9 Å². The number of hydrogen-bond acceptors (Lipinski definition) is 6. The van der Waals surface area contributed by atoms with E-state index >= 15 is 0 Å². The Morgan fingerprint density at radius 3 is 1.62 bits per heavy atom. The standard InChI is InChI=1S/C18H32N2O4/c1-19-11-5-7-15(13-19)23-17(21)9-3-4-10-18(22)24-16-8-6-12-20(2)14-16/h15-16H,3-14H2,1-2H3/t15-,16-/m1/s1. The zero-order valence-corrected chi connectivity index (χ0v) is 15.2. The van der Waals surface area contributed by atoms with Gasteiger partial charge in [0.15, 0.2) is 0 Å². The van der Waals surface area contributed by atoms with Gasteiger partial charge in [0.25, 0.3) is 0 Å². The van der Waals surface area contributed by atoms with Gasteiger partial charge in [-0.2, -0.15) is 0 Å². The lowest BCUT2D eigenvalue weighted by Gasteiger charge is -2.29. The fourth-order valence-electron chi connectivity index (χ4n) is 3.46. The molecule has 2 aliphatic rings. The lowest BCUT2D eigenvalue weighted by molar-refractivity contribution is -0.153. The molecule has 138 valence electrons. The van der Waals surface area contributed by atoms with Gasteiger partial charge in [0.1, 0.15) is 12.2 Å². The molecular formula is C18H32N2O4. The maximum absolute atomic E-state index is 11.9. The summed E-state index contributed by atoms with van der Waals surface area (Å²) in [6, 6.07) is 0. The van der Waals surface area contributed by atoms with Crippen LogP contribution in [0.3, 0.4) is 0 Å². The second-order valence-corrected chi connectivity index (χ2v) is 7.24. The second kappa shape index (κ2) is 9.99. The number of ether oxygens (including phenoxy) is 2. The Bertz CT molecular complexity index is 378. The summed E-state index contributed by atoms with van der Waals surface area (Å²) >= 11 is 0. The SMILES string of the molecule is CN1CCC[C@@H](OC(=O)CCCCC(=O)O[C@@H]2CCCN(C)C2)C1. The summed E-state index contributed by atoms with van der Waals surface area (Å²) in [7, 11) is 4.10. The normalized spacial score (nSPS) is 26.1. The summed E-state index contributed by atoms with van der Waals surface area (Å²) in [5.41, 5.74) is 0. The number of likely N-dealkylation sites (N-methyl/N-ethyl adjacent to an activating group) is 2. The van der Waals surface area contributed by atoms with Gasteiger partial charge in [-0.1, -0.05) is 0 Å². The molecule has 0 radical (unpaired) electrons. The lowest BCUT2D eigenvalue weighted by atomic mass is 10.1. The zero-order chi connectivity index (χ0) is 17.4. The van der Waals surface area contributed by atoms with Crippen molar-refractivity contribution >= 4 is 11.9 Å². The Hall–Kier alpha value is -1.14. The molecule has 2 atom stereocenters. The Balaban J connectivity index is 1.52. The molecule has 2 aliphatic heterocycles. The van der Waals surface area contributed by atoms with Gasteiger partial charge in [-0.3, -0.25) is 9.59 Å². The van der Waals surface area contributed by atoms with Gasteiger partial charge in [0, 0.05) is 25.9 Å². The molecule has 0 N–H and O–H groups in total. The Morgan fingerprint density at radius 2 is 1.25 bits per heavy atom. The Labute approximate surface area is 145 Å². The minimum absolute atomic E-state index is 0.0320. The Kier molecular flexibility index (Phi) is 7.99. The van der Waals surface area contributed by atoms with Crippen LogP contribution in [0.25, 0.3) is 0 Å². The number of unbranched alkanes of at least 4 members (excludes halogenated alkanes) is 1. The highest BCUT2D eigenvalue weighted by atomic mass is 16.5. The summed E-state index contributed by atoms with van der Waals surface area (Å²) in [6.45, 7) is 3.81. The molecule has 0 aliphatic carbocycles. The van der Waals surface area contributed by atoms with Gasteiger partial charge < -0.3 is 19.3 Å². The van der Waals surface area contributed by atoms with Crippen LogP contribution in [0.5, 0.6) is 0 Å². The van der Waals surface area contributed by atoms with E-state index in [9.17, 15) is 9.59 Å². The molecule has 0 amide bonds. The first kappa shape index (κ1) is 19.2. The van der Waals surface area contributed by atoms with Crippen LogP contribution in [0.1, 0.15) is 51.4 Å². The van der Waals surface area contributed by atoms with Crippen molar-refractivity contribution in [2.24, 2.45) is 0 Å². The summed E-state index contributed by atoms with van der Waals surface area (Å²) in [5.74, 6) is -0.282. The number of nitrogens with zero attached hydrogens (tertiary/aromatic N) is 2. The first-order chi connectivity index (χ1) is 11.5. The molecule has 2 saturated heterocycles. The van der Waals surface area contributed by atoms with Crippen molar-refractivity contribution in [1.29, 1.82) is 0 Å². The van der Waals surface area contributed by atoms with Gasteiger partial charge in [-0.05, 0) is 65.7 Å². The van der Waals surface area contributed by atoms with Gasteiger partial charge >= 0.3 is 11.9 Å². The van der Waals surface area contributed by atoms with E-state index in [1.54, 1.807) is 0 Å². The van der Waals surface area contributed by atoms with E-state index in [1.807, 2.05) is 0 Å². The molecular weight excluding hydrogens is 308 g/mol. The predicted octanol–water partition coefficient (Wildman–Crippen LogP) is 1.82. The summed E-state index contributed by atoms with van der Waals surface area (Å²) in [5, 5.41) is 0. The van der Waals surface area contributed by atoms with Crippen molar-refractivity contribution in [3.63, 3.8) is 0 Å². The van der Waals surface area contributed by atoms with Gasteiger partial charge in [0.2, 0.25) is 0 Å². The van der Waals surface area contributed by atoms with Crippen LogP contribution in [0.15, 0.2) is 0 Å². The smallest absolute Gasteiger partial charge is 0.306 e. The molecule has 0 spiro atoms. The predicted molar refractivity (Wildman–Crippen MR) is 91.7 cm³/mol. The molecule has 0 unspecified atom stereocenters. The molecule has 6 nitrogen and oxygen atoms in total. The molecule has 0 saturated carbocycles. The maximum Gasteiger partial charge on any atom is 0.306 e. The van der Waals surface area contributed by atoms with Crippen molar-refractivity contribution in [3.05, 3.63) is 0 Å². The van der Waals surface area contributed by atoms with Crippen LogP contribution in [0, 0.1) is 0 Å². The molecule has 0 aromatic heterocycles. The molecule has 2 heterocycles. The third-order valence-corrected chi connectivity index (χ3v) is 4.77. The van der Waals surface area contributed by atoms with Gasteiger partial charge in [-0.15, -0.1) is 0 Å². The van der Waals surface area contributed by atoms with Gasteiger partial charge in [-0.25, -0.2) is 0 Å². The van der Waals surface area contributed by atoms with Crippen molar-refractivity contribution in [1.82, 2.24) is 9.80 Å². The van der Waals surface area contributed by atoms with Crippen LogP contribution >= 0.6 is 0 Å². The third kappa shape index (κ3) is 7.18. The van der Waals surface area contributed by atoms with Crippen molar-refractivity contribution in [2.45, 2.75) is 63.6 Å². The highest BCUT2D eigenvalue weighted by Crippen LogP contribution is 2.15. The summed E-state index contributed by atoms with van der Waals surface area (Å²) in [4.78, 5) is 28.1. The quantitative estimate of drug-likeness (QED) is 0.520. The minimum Gasteiger partial charge on any atom is -0.461 e. The fourth-order valence-corrected chi connectivity index (χ4v) is 3.46. The van der Waals surface area contributed by atoms with Crippen LogP contribution in [-0.4, -0.2) is 74.2 Å². The molecule has 2 fully saturated rings. The van der Waals surface area contributed by atoms with E-state index < -0.39 is 0 Å². The highest BCUT2D eigenvalue weighted by Gasteiger charge is 2.22. The van der Waals surface area contributed by atoms with E-state index in [0.29, 0.717) is 25.7 Å². The number of rotatable bonds is 7. The average molecular weight is 340 g/mol. The van der Waals surface area contributed by atoms with Crippen molar-refractivity contribution in [3.8, 4) is 0 Å². The minimum atomic E-state index is -0.141. The molecule has 6 heteroatoms. The number of carbonyl (C=O) groups excluding carboxylic acids is 2. The molecule has 2 rings (SSSR count). The van der Waals surface area contributed by atoms with Crippen LogP contribution in [0.4, 0.5) is 0 Å². The number of esters is 2. The lowest BCUT2D eigenvalue weighted by Crippen LogP contribution is -2.38.